The predicted molar refractivity (Wildman–Crippen MR) is 182 cm³/mol. The topological polar surface area (TPSA) is 131 Å². The maximum atomic E-state index is 13.2. The maximum absolute atomic E-state index is 13.2. The Kier molecular flexibility index (Phi) is 10.4. The summed E-state index contributed by atoms with van der Waals surface area (Å²) in [6.45, 7) is 8.82. The summed E-state index contributed by atoms with van der Waals surface area (Å²) < 4.78 is 13.4. The Morgan fingerprint density at radius 3 is 2.49 bits per heavy atom. The largest absolute Gasteiger partial charge is 0.481 e. The summed E-state index contributed by atoms with van der Waals surface area (Å²) in [5, 5.41) is 17.3. The number of rotatable bonds is 11. The number of aromatic nitrogens is 3. The lowest BCUT2D eigenvalue weighted by Crippen LogP contribution is -2.43. The van der Waals surface area contributed by atoms with E-state index in [0.29, 0.717) is 60.2 Å². The number of carbonyl (C=O) groups excluding carboxylic acids is 2. The van der Waals surface area contributed by atoms with Gasteiger partial charge in [0, 0.05) is 67.4 Å². The van der Waals surface area contributed by atoms with Crippen LogP contribution in [0.25, 0.3) is 33.5 Å². The van der Waals surface area contributed by atoms with Gasteiger partial charge in [-0.05, 0) is 63.9 Å². The number of ether oxygens (including phenoxy) is 2. The number of halogens is 1. The van der Waals surface area contributed by atoms with Crippen LogP contribution < -0.4 is 15.4 Å². The molecule has 0 bridgehead atoms. The number of aryl methyl sites for hydroxylation is 1. The number of methoxy groups -OCH3 is 1. The fourth-order valence-corrected chi connectivity index (χ4v) is 6.02. The molecule has 1 aliphatic heterocycles. The van der Waals surface area contributed by atoms with Gasteiger partial charge >= 0.3 is 6.09 Å². The number of fused-ring (bicyclic) bond motifs is 1. The first kappa shape index (κ1) is 34.2. The molecule has 0 saturated carbocycles. The molecule has 2 amide bonds. The second-order valence-corrected chi connectivity index (χ2v) is 13.4. The Morgan fingerprint density at radius 2 is 1.85 bits per heavy atom. The van der Waals surface area contributed by atoms with Crippen LogP contribution >= 0.6 is 11.6 Å². The van der Waals surface area contributed by atoms with Crippen LogP contribution in [0.5, 0.6) is 5.88 Å². The Bertz CT molecular complexity index is 1770. The molecule has 0 spiro atoms. The molecule has 12 heteroatoms. The van der Waals surface area contributed by atoms with Crippen molar-refractivity contribution in [2.24, 2.45) is 7.05 Å². The fourth-order valence-electron chi connectivity index (χ4n) is 5.70. The molecule has 3 aromatic heterocycles. The van der Waals surface area contributed by atoms with E-state index in [2.05, 4.69) is 10.6 Å². The van der Waals surface area contributed by atoms with Crippen molar-refractivity contribution in [3.63, 3.8) is 0 Å². The summed E-state index contributed by atoms with van der Waals surface area (Å²) in [5.41, 5.74) is 4.74. The number of nitrogens with one attached hydrogen (secondary N) is 2. The standard InChI is InChI=1S/C35H43ClN6O5/c1-21(43)16-37-17-23-18-41(5)32-25(23)12-14-28(39-32)26-8-7-9-27(31(26)36)29-13-10-22(33(40-29)46-6)19-42(34(45)47-35(2,3)4)20-24-11-15-30(44)38-24/h7-10,12-14,18,21,24,37,43H,11,15-17,19-20H2,1-6H3,(H,38,44)/t21?,24-/m0/s1. The number of aliphatic hydroxyl groups excluding tert-OH is 1. The van der Waals surface area contributed by atoms with Gasteiger partial charge in [-0.15, -0.1) is 0 Å². The van der Waals surface area contributed by atoms with E-state index in [4.69, 9.17) is 31.0 Å². The van der Waals surface area contributed by atoms with Gasteiger partial charge in [0.25, 0.3) is 0 Å². The van der Waals surface area contributed by atoms with Crippen molar-refractivity contribution in [1.29, 1.82) is 0 Å². The second kappa shape index (κ2) is 14.3. The lowest BCUT2D eigenvalue weighted by atomic mass is 10.0. The molecule has 4 aromatic rings. The Hall–Kier alpha value is -4.19. The van der Waals surface area contributed by atoms with Crippen molar-refractivity contribution in [2.45, 2.75) is 71.4 Å². The van der Waals surface area contributed by atoms with Crippen LogP contribution in [-0.4, -0.2) is 74.5 Å². The zero-order chi connectivity index (χ0) is 33.9. The van der Waals surface area contributed by atoms with Gasteiger partial charge in [-0.2, -0.15) is 0 Å². The molecule has 250 valence electrons. The highest BCUT2D eigenvalue weighted by Crippen LogP contribution is 2.37. The van der Waals surface area contributed by atoms with Crippen LogP contribution in [-0.2, 0) is 29.7 Å². The van der Waals surface area contributed by atoms with Gasteiger partial charge in [-0.25, -0.2) is 14.8 Å². The van der Waals surface area contributed by atoms with Gasteiger partial charge in [0.2, 0.25) is 11.8 Å². The van der Waals surface area contributed by atoms with E-state index in [1.807, 2.05) is 81.0 Å². The van der Waals surface area contributed by atoms with Gasteiger partial charge in [-0.1, -0.05) is 29.8 Å². The highest BCUT2D eigenvalue weighted by atomic mass is 35.5. The van der Waals surface area contributed by atoms with Crippen molar-refractivity contribution in [1.82, 2.24) is 30.1 Å². The summed E-state index contributed by atoms with van der Waals surface area (Å²) in [7, 11) is 3.50. The minimum absolute atomic E-state index is 0.0217. The summed E-state index contributed by atoms with van der Waals surface area (Å²) >= 11 is 7.04. The van der Waals surface area contributed by atoms with E-state index >= 15 is 0 Å². The first-order valence-electron chi connectivity index (χ1n) is 15.8. The molecule has 47 heavy (non-hydrogen) atoms. The first-order valence-corrected chi connectivity index (χ1v) is 16.1. The molecule has 1 aromatic carbocycles. The zero-order valence-electron chi connectivity index (χ0n) is 27.8. The third-order valence-electron chi connectivity index (χ3n) is 7.88. The monoisotopic (exact) mass is 662 g/mol. The van der Waals surface area contributed by atoms with Gasteiger partial charge in [0.05, 0.1) is 36.2 Å². The molecule has 0 aliphatic carbocycles. The van der Waals surface area contributed by atoms with E-state index in [9.17, 15) is 14.7 Å². The lowest BCUT2D eigenvalue weighted by Gasteiger charge is -2.29. The van der Waals surface area contributed by atoms with Gasteiger partial charge in [-0.3, -0.25) is 4.79 Å². The molecule has 1 saturated heterocycles. The van der Waals surface area contributed by atoms with Crippen molar-refractivity contribution in [2.75, 3.05) is 20.2 Å². The molecule has 3 N–H and O–H groups in total. The average molecular weight is 663 g/mol. The maximum Gasteiger partial charge on any atom is 0.410 e. The van der Waals surface area contributed by atoms with E-state index in [1.54, 1.807) is 11.8 Å². The molecule has 1 fully saturated rings. The number of amides is 2. The van der Waals surface area contributed by atoms with E-state index in [0.717, 1.165) is 27.9 Å². The average Bonchev–Trinajstić information content (AvgIpc) is 3.57. The molecule has 1 aliphatic rings. The molecule has 1 unspecified atom stereocenters. The molecular weight excluding hydrogens is 620 g/mol. The number of benzene rings is 1. The number of carbonyl (C=O) groups is 2. The van der Waals surface area contributed by atoms with Crippen LogP contribution in [0, 0.1) is 0 Å². The summed E-state index contributed by atoms with van der Waals surface area (Å²) in [5.74, 6) is 0.333. The fraction of sp³-hybridized carbons (Fsp3) is 0.429. The number of pyridine rings is 2. The minimum atomic E-state index is -0.680. The van der Waals surface area contributed by atoms with Crippen LogP contribution in [0.3, 0.4) is 0 Å². The highest BCUT2D eigenvalue weighted by Gasteiger charge is 2.29. The van der Waals surface area contributed by atoms with Crippen molar-refractivity contribution < 1.29 is 24.2 Å². The van der Waals surface area contributed by atoms with Crippen molar-refractivity contribution in [3.05, 3.63) is 64.8 Å². The van der Waals surface area contributed by atoms with Crippen molar-refractivity contribution in [3.8, 4) is 28.4 Å². The Morgan fingerprint density at radius 1 is 1.15 bits per heavy atom. The summed E-state index contributed by atoms with van der Waals surface area (Å²) in [6.07, 6.45) is 2.22. The Balaban J connectivity index is 1.41. The molecule has 5 rings (SSSR count). The minimum Gasteiger partial charge on any atom is -0.481 e. The van der Waals surface area contributed by atoms with E-state index in [-0.39, 0.29) is 18.5 Å². The lowest BCUT2D eigenvalue weighted by molar-refractivity contribution is -0.119. The Labute approximate surface area is 280 Å². The number of aliphatic hydroxyl groups is 1. The predicted octanol–water partition coefficient (Wildman–Crippen LogP) is 5.45. The molecular formula is C35H43ClN6O5. The SMILES string of the molecule is COc1nc(-c2cccc(-c3ccc4c(CNCC(C)O)cn(C)c4n3)c2Cl)ccc1CN(C[C@@H]1CCC(=O)N1)C(=O)OC(C)(C)C. The number of hydrogen-bond acceptors (Lipinski definition) is 8. The van der Waals surface area contributed by atoms with Crippen LogP contribution in [0.4, 0.5) is 4.79 Å². The van der Waals surface area contributed by atoms with Crippen LogP contribution in [0.1, 0.15) is 51.7 Å². The molecule has 2 atom stereocenters. The third kappa shape index (κ3) is 8.22. The first-order chi connectivity index (χ1) is 22.3. The highest BCUT2D eigenvalue weighted by molar-refractivity contribution is 6.36. The number of hydrogen-bond donors (Lipinski definition) is 3. The second-order valence-electron chi connectivity index (χ2n) is 13.0. The van der Waals surface area contributed by atoms with Gasteiger partial charge in [0.15, 0.2) is 0 Å². The van der Waals surface area contributed by atoms with Gasteiger partial charge in [0.1, 0.15) is 11.2 Å². The summed E-state index contributed by atoms with van der Waals surface area (Å²) in [4.78, 5) is 36.4. The zero-order valence-corrected chi connectivity index (χ0v) is 28.5. The van der Waals surface area contributed by atoms with Crippen LogP contribution in [0.15, 0.2) is 48.7 Å². The normalized spacial score (nSPS) is 15.5. The third-order valence-corrected chi connectivity index (χ3v) is 8.29. The van der Waals surface area contributed by atoms with Gasteiger partial charge < -0.3 is 34.7 Å². The summed E-state index contributed by atoms with van der Waals surface area (Å²) in [6, 6.07) is 13.3. The van der Waals surface area contributed by atoms with Crippen LogP contribution in [0.2, 0.25) is 5.02 Å². The molecule has 4 heterocycles. The molecule has 11 nitrogen and oxygen atoms in total. The quantitative estimate of drug-likeness (QED) is 0.193. The smallest absolute Gasteiger partial charge is 0.410 e. The molecule has 0 radical (unpaired) electrons. The van der Waals surface area contributed by atoms with E-state index in [1.165, 1.54) is 7.11 Å². The van der Waals surface area contributed by atoms with Crippen molar-refractivity contribution >= 4 is 34.6 Å². The number of nitrogens with zero attached hydrogens (tertiary/aromatic N) is 4. The van der Waals surface area contributed by atoms with E-state index < -0.39 is 17.8 Å².